The van der Waals surface area contributed by atoms with Crippen molar-refractivity contribution in [1.29, 1.82) is 0 Å². The Morgan fingerprint density at radius 3 is 2.45 bits per heavy atom. The zero-order valence-electron chi connectivity index (χ0n) is 12.6. The molecule has 2 heteroatoms. The monoisotopic (exact) mass is 287 g/mol. The van der Waals surface area contributed by atoms with Gasteiger partial charge in [0.15, 0.2) is 0 Å². The second kappa shape index (κ2) is 6.43. The Morgan fingerprint density at radius 2 is 1.80 bits per heavy atom. The van der Waals surface area contributed by atoms with Crippen LogP contribution in [0.1, 0.15) is 40.8 Å². The van der Waals surface area contributed by atoms with Crippen molar-refractivity contribution in [2.24, 2.45) is 0 Å². The average molecular weight is 288 g/mol. The van der Waals surface area contributed by atoms with Crippen LogP contribution in [0.3, 0.4) is 0 Å². The molecule has 0 bridgehead atoms. The zero-order chi connectivity index (χ0) is 14.7. The van der Waals surface area contributed by atoms with E-state index in [4.69, 9.17) is 11.6 Å². The molecule has 0 aliphatic rings. The molecule has 0 heterocycles. The minimum absolute atomic E-state index is 0.218. The molecule has 2 aromatic carbocycles. The van der Waals surface area contributed by atoms with Gasteiger partial charge in [-0.2, -0.15) is 0 Å². The third-order valence-corrected chi connectivity index (χ3v) is 4.05. The Morgan fingerprint density at radius 1 is 1.05 bits per heavy atom. The molecular formula is C18H22ClN. The topological polar surface area (TPSA) is 12.0 Å². The SMILES string of the molecule is CCNC(c1cccc(C)c1)c1cc(C)c(Cl)cc1C. The maximum absolute atomic E-state index is 6.22. The van der Waals surface area contributed by atoms with Crippen molar-refractivity contribution in [3.05, 3.63) is 69.2 Å². The van der Waals surface area contributed by atoms with E-state index in [1.165, 1.54) is 22.3 Å². The molecule has 20 heavy (non-hydrogen) atoms. The van der Waals surface area contributed by atoms with Gasteiger partial charge in [-0.1, -0.05) is 54.4 Å². The molecular weight excluding hydrogens is 266 g/mol. The van der Waals surface area contributed by atoms with Gasteiger partial charge in [0.1, 0.15) is 0 Å². The third kappa shape index (κ3) is 3.23. The zero-order valence-corrected chi connectivity index (χ0v) is 13.4. The van der Waals surface area contributed by atoms with Crippen LogP contribution in [0.5, 0.6) is 0 Å². The molecule has 1 atom stereocenters. The predicted octanol–water partition coefficient (Wildman–Crippen LogP) is 4.96. The van der Waals surface area contributed by atoms with Crippen molar-refractivity contribution < 1.29 is 0 Å². The van der Waals surface area contributed by atoms with E-state index in [1.807, 2.05) is 0 Å². The fourth-order valence-electron chi connectivity index (χ4n) is 2.58. The molecule has 0 radical (unpaired) electrons. The molecule has 1 nitrogen and oxygen atoms in total. The number of aryl methyl sites for hydroxylation is 3. The highest BCUT2D eigenvalue weighted by Gasteiger charge is 2.16. The summed E-state index contributed by atoms with van der Waals surface area (Å²) in [6, 6.07) is 13.2. The van der Waals surface area contributed by atoms with Crippen molar-refractivity contribution >= 4 is 11.6 Å². The molecule has 0 saturated heterocycles. The summed E-state index contributed by atoms with van der Waals surface area (Å²) in [6.07, 6.45) is 0. The number of nitrogens with one attached hydrogen (secondary N) is 1. The lowest BCUT2D eigenvalue weighted by Crippen LogP contribution is -2.23. The minimum atomic E-state index is 0.218. The molecule has 106 valence electrons. The molecule has 0 saturated carbocycles. The van der Waals surface area contributed by atoms with Crippen LogP contribution in [-0.2, 0) is 0 Å². The van der Waals surface area contributed by atoms with Crippen LogP contribution in [0.25, 0.3) is 0 Å². The summed E-state index contributed by atoms with van der Waals surface area (Å²) in [4.78, 5) is 0. The summed E-state index contributed by atoms with van der Waals surface area (Å²) in [5.41, 5.74) is 6.25. The van der Waals surface area contributed by atoms with E-state index in [0.29, 0.717) is 0 Å². The van der Waals surface area contributed by atoms with E-state index in [0.717, 1.165) is 17.1 Å². The maximum atomic E-state index is 6.22. The number of hydrogen-bond donors (Lipinski definition) is 1. The van der Waals surface area contributed by atoms with Gasteiger partial charge in [0.2, 0.25) is 0 Å². The van der Waals surface area contributed by atoms with Crippen LogP contribution in [0, 0.1) is 20.8 Å². The lowest BCUT2D eigenvalue weighted by Gasteiger charge is -2.22. The molecule has 0 aliphatic heterocycles. The third-order valence-electron chi connectivity index (χ3n) is 3.64. The van der Waals surface area contributed by atoms with Crippen LogP contribution in [-0.4, -0.2) is 6.54 Å². The highest BCUT2D eigenvalue weighted by atomic mass is 35.5. The number of rotatable bonds is 4. The van der Waals surface area contributed by atoms with Crippen LogP contribution < -0.4 is 5.32 Å². The van der Waals surface area contributed by atoms with Gasteiger partial charge in [-0.25, -0.2) is 0 Å². The Bertz CT molecular complexity index is 604. The number of benzene rings is 2. The van der Waals surface area contributed by atoms with E-state index >= 15 is 0 Å². The van der Waals surface area contributed by atoms with Gasteiger partial charge in [0.05, 0.1) is 6.04 Å². The standard InChI is InChI=1S/C18H22ClN/c1-5-20-18(15-8-6-7-12(2)9-15)16-10-14(4)17(19)11-13(16)3/h6-11,18,20H,5H2,1-4H3. The molecule has 1 unspecified atom stereocenters. The van der Waals surface area contributed by atoms with Crippen LogP contribution in [0.4, 0.5) is 0 Å². The largest absolute Gasteiger partial charge is 0.307 e. The fourth-order valence-corrected chi connectivity index (χ4v) is 2.79. The van der Waals surface area contributed by atoms with Gasteiger partial charge in [-0.05, 0) is 55.6 Å². The summed E-state index contributed by atoms with van der Waals surface area (Å²) in [5.74, 6) is 0. The number of hydrogen-bond acceptors (Lipinski definition) is 1. The molecule has 0 amide bonds. The highest BCUT2D eigenvalue weighted by Crippen LogP contribution is 2.29. The van der Waals surface area contributed by atoms with E-state index in [2.05, 4.69) is 69.4 Å². The van der Waals surface area contributed by atoms with Crippen LogP contribution >= 0.6 is 11.6 Å². The summed E-state index contributed by atoms with van der Waals surface area (Å²) in [7, 11) is 0. The molecule has 0 fully saturated rings. The fraction of sp³-hybridized carbons (Fsp3) is 0.333. The second-order valence-electron chi connectivity index (χ2n) is 5.36. The summed E-state index contributed by atoms with van der Waals surface area (Å²) in [6.45, 7) is 9.39. The second-order valence-corrected chi connectivity index (χ2v) is 5.77. The van der Waals surface area contributed by atoms with Gasteiger partial charge in [-0.3, -0.25) is 0 Å². The van der Waals surface area contributed by atoms with Gasteiger partial charge in [0.25, 0.3) is 0 Å². The summed E-state index contributed by atoms with van der Waals surface area (Å²) >= 11 is 6.22. The molecule has 0 aromatic heterocycles. The van der Waals surface area contributed by atoms with Gasteiger partial charge in [0, 0.05) is 5.02 Å². The van der Waals surface area contributed by atoms with Crippen molar-refractivity contribution in [3.8, 4) is 0 Å². The quantitative estimate of drug-likeness (QED) is 0.838. The maximum Gasteiger partial charge on any atom is 0.0579 e. The van der Waals surface area contributed by atoms with Crippen LogP contribution in [0.15, 0.2) is 36.4 Å². The minimum Gasteiger partial charge on any atom is -0.307 e. The lowest BCUT2D eigenvalue weighted by atomic mass is 9.92. The van der Waals surface area contributed by atoms with Crippen LogP contribution in [0.2, 0.25) is 5.02 Å². The van der Waals surface area contributed by atoms with Gasteiger partial charge < -0.3 is 5.32 Å². The molecule has 0 aliphatic carbocycles. The van der Waals surface area contributed by atoms with E-state index < -0.39 is 0 Å². The van der Waals surface area contributed by atoms with Gasteiger partial charge >= 0.3 is 0 Å². The van der Waals surface area contributed by atoms with Crippen molar-refractivity contribution in [1.82, 2.24) is 5.32 Å². The Kier molecular flexibility index (Phi) is 4.85. The van der Waals surface area contributed by atoms with E-state index in [1.54, 1.807) is 0 Å². The van der Waals surface area contributed by atoms with E-state index in [9.17, 15) is 0 Å². The van der Waals surface area contributed by atoms with Crippen molar-refractivity contribution in [2.45, 2.75) is 33.7 Å². The first-order valence-corrected chi connectivity index (χ1v) is 7.47. The predicted molar refractivity (Wildman–Crippen MR) is 87.6 cm³/mol. The first-order chi connectivity index (χ1) is 9.52. The average Bonchev–Trinajstić information content (AvgIpc) is 2.40. The van der Waals surface area contributed by atoms with E-state index in [-0.39, 0.29) is 6.04 Å². The first-order valence-electron chi connectivity index (χ1n) is 7.09. The molecule has 1 N–H and O–H groups in total. The van der Waals surface area contributed by atoms with Crippen molar-refractivity contribution in [2.75, 3.05) is 6.54 Å². The Balaban J connectivity index is 2.51. The first kappa shape index (κ1) is 15.1. The Hall–Kier alpha value is -1.31. The molecule has 0 spiro atoms. The molecule has 2 rings (SSSR count). The summed E-state index contributed by atoms with van der Waals surface area (Å²) in [5, 5.41) is 4.43. The van der Waals surface area contributed by atoms with Gasteiger partial charge in [-0.15, -0.1) is 0 Å². The smallest absolute Gasteiger partial charge is 0.0579 e. The number of halogens is 1. The lowest BCUT2D eigenvalue weighted by molar-refractivity contribution is 0.627. The normalized spacial score (nSPS) is 12.4. The summed E-state index contributed by atoms with van der Waals surface area (Å²) < 4.78 is 0. The highest BCUT2D eigenvalue weighted by molar-refractivity contribution is 6.31. The molecule has 2 aromatic rings. The Labute approximate surface area is 127 Å². The van der Waals surface area contributed by atoms with Crippen molar-refractivity contribution in [3.63, 3.8) is 0 Å².